The second kappa shape index (κ2) is 7.11. The molecule has 0 atom stereocenters. The highest BCUT2D eigenvalue weighted by molar-refractivity contribution is 9.10. The molecule has 150 valence electrons. The zero-order valence-corrected chi connectivity index (χ0v) is 17.3. The molecule has 0 amide bonds. The highest BCUT2D eigenvalue weighted by Gasteiger charge is 2.23. The Balaban J connectivity index is 1.89. The van der Waals surface area contributed by atoms with Crippen molar-refractivity contribution in [2.75, 3.05) is 0 Å². The monoisotopic (exact) mass is 490 g/mol. The smallest absolute Gasteiger partial charge is 0.387 e. The van der Waals surface area contributed by atoms with Gasteiger partial charge in [-0.1, -0.05) is 45.7 Å². The van der Waals surface area contributed by atoms with Gasteiger partial charge in [0, 0.05) is 20.8 Å². The van der Waals surface area contributed by atoms with Gasteiger partial charge in [-0.2, -0.15) is 8.78 Å². The average molecular weight is 492 g/mol. The van der Waals surface area contributed by atoms with E-state index in [2.05, 4.69) is 20.7 Å². The van der Waals surface area contributed by atoms with E-state index in [1.807, 2.05) is 0 Å². The number of benzene rings is 3. The first-order chi connectivity index (χ1) is 14.4. The summed E-state index contributed by atoms with van der Waals surface area (Å²) in [5, 5.41) is 1.32. The Morgan fingerprint density at radius 3 is 2.53 bits per heavy atom. The van der Waals surface area contributed by atoms with Crippen LogP contribution in [0, 0.1) is 0 Å². The third kappa shape index (κ3) is 2.97. The lowest BCUT2D eigenvalue weighted by molar-refractivity contribution is -0.0493. The van der Waals surface area contributed by atoms with Crippen molar-refractivity contribution in [3.05, 3.63) is 74.3 Å². The second-order valence-electron chi connectivity index (χ2n) is 6.51. The van der Waals surface area contributed by atoms with Crippen molar-refractivity contribution in [3.63, 3.8) is 0 Å². The van der Waals surface area contributed by atoms with Crippen molar-refractivity contribution in [1.29, 1.82) is 0 Å². The van der Waals surface area contributed by atoms with Crippen LogP contribution in [0.1, 0.15) is 0 Å². The van der Waals surface area contributed by atoms with Crippen LogP contribution in [0.2, 0.25) is 5.02 Å². The lowest BCUT2D eigenvalue weighted by atomic mass is 10.0. The van der Waals surface area contributed by atoms with E-state index in [4.69, 9.17) is 20.4 Å². The molecule has 5 aromatic rings. The Bertz CT molecular complexity index is 1510. The van der Waals surface area contributed by atoms with Crippen LogP contribution in [0.5, 0.6) is 5.75 Å². The number of furan rings is 1. The van der Waals surface area contributed by atoms with Crippen molar-refractivity contribution in [1.82, 2.24) is 0 Å². The van der Waals surface area contributed by atoms with E-state index in [0.717, 1.165) is 0 Å². The van der Waals surface area contributed by atoms with E-state index < -0.39 is 12.0 Å². The number of hydrogen-bond acceptors (Lipinski definition) is 4. The van der Waals surface area contributed by atoms with Crippen LogP contribution in [-0.2, 0) is 0 Å². The molecule has 0 aliphatic rings. The SMILES string of the molecule is O=c1c(Cl)c(-c2ccc(OC(F)F)c3oc4ccccc4c23)oc2ccc(Br)cc12. The predicted molar refractivity (Wildman–Crippen MR) is 115 cm³/mol. The van der Waals surface area contributed by atoms with E-state index in [1.54, 1.807) is 42.5 Å². The summed E-state index contributed by atoms with van der Waals surface area (Å²) in [7, 11) is 0. The van der Waals surface area contributed by atoms with Crippen LogP contribution in [0.25, 0.3) is 44.2 Å². The number of hydrogen-bond donors (Lipinski definition) is 0. The van der Waals surface area contributed by atoms with Crippen LogP contribution >= 0.6 is 27.5 Å². The summed E-state index contributed by atoms with van der Waals surface area (Å²) >= 11 is 9.72. The summed E-state index contributed by atoms with van der Waals surface area (Å²) < 4.78 is 42.9. The first-order valence-electron chi connectivity index (χ1n) is 8.75. The van der Waals surface area contributed by atoms with Crippen LogP contribution in [-0.4, -0.2) is 6.61 Å². The zero-order valence-electron chi connectivity index (χ0n) is 14.9. The van der Waals surface area contributed by atoms with Gasteiger partial charge in [0.15, 0.2) is 17.1 Å². The fourth-order valence-electron chi connectivity index (χ4n) is 3.50. The Hall–Kier alpha value is -2.90. The van der Waals surface area contributed by atoms with Crippen molar-refractivity contribution < 1.29 is 22.4 Å². The van der Waals surface area contributed by atoms with E-state index in [9.17, 15) is 13.6 Å². The molecule has 0 unspecified atom stereocenters. The van der Waals surface area contributed by atoms with Crippen LogP contribution < -0.4 is 10.2 Å². The summed E-state index contributed by atoms with van der Waals surface area (Å²) in [6.45, 7) is -3.02. The highest BCUT2D eigenvalue weighted by Crippen LogP contribution is 2.43. The number of fused-ring (bicyclic) bond motifs is 4. The van der Waals surface area contributed by atoms with Crippen molar-refractivity contribution in [3.8, 4) is 17.1 Å². The lowest BCUT2D eigenvalue weighted by Gasteiger charge is -2.10. The summed E-state index contributed by atoms with van der Waals surface area (Å²) in [6, 6.07) is 14.9. The van der Waals surface area contributed by atoms with Gasteiger partial charge >= 0.3 is 6.61 Å². The van der Waals surface area contributed by atoms with Crippen LogP contribution in [0.3, 0.4) is 0 Å². The van der Waals surface area contributed by atoms with Gasteiger partial charge in [-0.3, -0.25) is 4.79 Å². The Labute approximate surface area is 180 Å². The third-order valence-electron chi connectivity index (χ3n) is 4.75. The van der Waals surface area contributed by atoms with Gasteiger partial charge in [0.1, 0.15) is 16.2 Å². The summed E-state index contributed by atoms with van der Waals surface area (Å²) in [5.41, 5.74) is 0.967. The van der Waals surface area contributed by atoms with Gasteiger partial charge in [-0.05, 0) is 36.4 Å². The normalized spacial score (nSPS) is 11.8. The Morgan fingerprint density at radius 2 is 1.73 bits per heavy atom. The zero-order chi connectivity index (χ0) is 21.0. The minimum Gasteiger partial charge on any atom is -0.454 e. The summed E-state index contributed by atoms with van der Waals surface area (Å²) in [4.78, 5) is 12.9. The highest BCUT2D eigenvalue weighted by atomic mass is 79.9. The molecule has 0 saturated carbocycles. The van der Waals surface area contributed by atoms with Gasteiger partial charge in [-0.25, -0.2) is 0 Å². The molecule has 2 aromatic heterocycles. The maximum Gasteiger partial charge on any atom is 0.387 e. The average Bonchev–Trinajstić information content (AvgIpc) is 3.11. The molecular formula is C22H10BrClF2O4. The van der Waals surface area contributed by atoms with Gasteiger partial charge in [0.25, 0.3) is 0 Å². The third-order valence-corrected chi connectivity index (χ3v) is 5.58. The van der Waals surface area contributed by atoms with Crippen LogP contribution in [0.4, 0.5) is 8.78 Å². The standard InChI is InChI=1S/C22H10BrClF2O4/c23-10-5-7-15-13(9-10)19(27)18(24)20(28-15)12-6-8-16(30-22(25)26)21-17(12)11-3-1-2-4-14(11)29-21/h1-9,22H. The first-order valence-corrected chi connectivity index (χ1v) is 9.92. The molecule has 0 spiro atoms. The largest absolute Gasteiger partial charge is 0.454 e. The quantitative estimate of drug-likeness (QED) is 0.264. The molecule has 0 radical (unpaired) electrons. The first kappa shape index (κ1) is 19.1. The molecule has 5 rings (SSSR count). The molecule has 0 N–H and O–H groups in total. The lowest BCUT2D eigenvalue weighted by Crippen LogP contribution is -2.04. The van der Waals surface area contributed by atoms with Crippen molar-refractivity contribution in [2.45, 2.75) is 6.61 Å². The molecule has 30 heavy (non-hydrogen) atoms. The summed E-state index contributed by atoms with van der Waals surface area (Å²) in [5.74, 6) is -0.000205. The Morgan fingerprint density at radius 1 is 0.967 bits per heavy atom. The van der Waals surface area contributed by atoms with Crippen molar-refractivity contribution >= 4 is 60.4 Å². The maximum absolute atomic E-state index is 12.9. The second-order valence-corrected chi connectivity index (χ2v) is 7.80. The van der Waals surface area contributed by atoms with Gasteiger partial charge in [0.2, 0.25) is 5.43 Å². The number of rotatable bonds is 3. The number of ether oxygens (including phenoxy) is 1. The van der Waals surface area contributed by atoms with Gasteiger partial charge in [-0.15, -0.1) is 0 Å². The molecule has 0 aliphatic carbocycles. The molecular weight excluding hydrogens is 482 g/mol. The van der Waals surface area contributed by atoms with Crippen LogP contribution in [0.15, 0.2) is 72.7 Å². The van der Waals surface area contributed by atoms with E-state index in [-0.39, 0.29) is 22.1 Å². The number of alkyl halides is 2. The summed E-state index contributed by atoms with van der Waals surface area (Å²) in [6.07, 6.45) is 0. The van der Waals surface area contributed by atoms with Gasteiger partial charge in [0.05, 0.1) is 5.39 Å². The van der Waals surface area contributed by atoms with Crippen molar-refractivity contribution in [2.24, 2.45) is 0 Å². The number of halogens is 4. The molecule has 0 fully saturated rings. The molecule has 0 bridgehead atoms. The molecule has 8 heteroatoms. The molecule has 2 heterocycles. The molecule has 0 saturated heterocycles. The minimum atomic E-state index is -3.02. The topological polar surface area (TPSA) is 52.6 Å². The fourth-order valence-corrected chi connectivity index (χ4v) is 4.10. The fraction of sp³-hybridized carbons (Fsp3) is 0.0455. The molecule has 4 nitrogen and oxygen atoms in total. The maximum atomic E-state index is 12.9. The number of para-hydroxylation sites is 1. The van der Waals surface area contributed by atoms with E-state index >= 15 is 0 Å². The molecule has 3 aromatic carbocycles. The van der Waals surface area contributed by atoms with Gasteiger partial charge < -0.3 is 13.6 Å². The van der Waals surface area contributed by atoms with E-state index in [0.29, 0.717) is 37.4 Å². The van der Waals surface area contributed by atoms with E-state index in [1.165, 1.54) is 12.1 Å². The molecule has 0 aliphatic heterocycles. The Kier molecular flexibility index (Phi) is 4.52. The minimum absolute atomic E-state index is 0.114. The predicted octanol–water partition coefficient (Wildman–Crippen LogP) is 7.38.